The number of hydrogen-bond donors (Lipinski definition) is 2. The fourth-order valence-corrected chi connectivity index (χ4v) is 4.50. The maximum Gasteiger partial charge on any atom is 0.184 e. The summed E-state index contributed by atoms with van der Waals surface area (Å²) >= 11 is 1.56. The van der Waals surface area contributed by atoms with Crippen molar-refractivity contribution in [2.75, 3.05) is 25.6 Å². The molecule has 0 aliphatic heterocycles. The van der Waals surface area contributed by atoms with Crippen LogP contribution in [0.15, 0.2) is 48.9 Å². The lowest BCUT2D eigenvalue weighted by Gasteiger charge is -2.17. The van der Waals surface area contributed by atoms with Crippen LogP contribution in [0.25, 0.3) is 21.5 Å². The maximum atomic E-state index is 9.64. The Bertz CT molecular complexity index is 1190. The van der Waals surface area contributed by atoms with E-state index in [0.29, 0.717) is 24.8 Å². The third kappa shape index (κ3) is 6.53. The van der Waals surface area contributed by atoms with Gasteiger partial charge in [0.05, 0.1) is 47.9 Å². The van der Waals surface area contributed by atoms with E-state index in [1.807, 2.05) is 41.2 Å². The molecule has 9 heteroatoms. The molecule has 0 unspecified atom stereocenters. The van der Waals surface area contributed by atoms with Crippen LogP contribution >= 0.6 is 11.3 Å². The van der Waals surface area contributed by atoms with E-state index in [-0.39, 0.29) is 20.1 Å². The van der Waals surface area contributed by atoms with Gasteiger partial charge in [-0.05, 0) is 30.5 Å². The summed E-state index contributed by atoms with van der Waals surface area (Å²) in [5, 5.41) is 18.1. The van der Waals surface area contributed by atoms with E-state index in [1.54, 1.807) is 30.8 Å². The van der Waals surface area contributed by atoms with Crippen molar-refractivity contribution in [3.05, 3.63) is 48.9 Å². The molecule has 0 amide bonds. The number of anilines is 1. The molecule has 0 saturated carbocycles. The predicted octanol–water partition coefficient (Wildman–Crippen LogP) is 5.45. The molecule has 34 heavy (non-hydrogen) atoms. The number of aliphatic hydroxyl groups excluding tert-OH is 1. The number of fused-ring (bicyclic) bond motifs is 1. The molecule has 4 aromatic rings. The Labute approximate surface area is 204 Å². The quantitative estimate of drug-likeness (QED) is 0.293. The molecule has 4 rings (SSSR count). The van der Waals surface area contributed by atoms with Crippen LogP contribution in [0.4, 0.5) is 5.13 Å². The molecule has 0 spiro atoms. The van der Waals surface area contributed by atoms with E-state index in [2.05, 4.69) is 34.2 Å². The van der Waals surface area contributed by atoms with Crippen LogP contribution in [-0.4, -0.2) is 51.2 Å². The van der Waals surface area contributed by atoms with Gasteiger partial charge in [-0.15, -0.1) is 0 Å². The number of benzene rings is 1. The van der Waals surface area contributed by atoms with Crippen molar-refractivity contribution in [1.82, 2.24) is 19.7 Å². The van der Waals surface area contributed by atoms with Gasteiger partial charge in [0.2, 0.25) is 0 Å². The van der Waals surface area contributed by atoms with Crippen LogP contribution in [0.1, 0.15) is 27.7 Å². The van der Waals surface area contributed by atoms with E-state index >= 15 is 0 Å². The summed E-state index contributed by atoms with van der Waals surface area (Å²) in [7, 11) is 1.67. The van der Waals surface area contributed by atoms with E-state index in [0.717, 1.165) is 38.8 Å². The topological polar surface area (TPSA) is 94.3 Å². The second kappa shape index (κ2) is 11.9. The number of pyridine rings is 1. The van der Waals surface area contributed by atoms with Gasteiger partial charge in [-0.25, -0.2) is 4.98 Å². The third-order valence-electron chi connectivity index (χ3n) is 5.08. The molecule has 3 aromatic heterocycles. The first-order chi connectivity index (χ1) is 16.0. The second-order valence-electron chi connectivity index (χ2n) is 8.27. The molecular formula is C25H33N5O3S. The molecule has 8 nitrogen and oxygen atoms in total. The summed E-state index contributed by atoms with van der Waals surface area (Å²) in [6.07, 6.45) is 6.35. The van der Waals surface area contributed by atoms with Gasteiger partial charge in [0.15, 0.2) is 5.13 Å². The fourth-order valence-electron chi connectivity index (χ4n) is 3.52. The number of rotatable bonds is 11. The first-order valence-electron chi connectivity index (χ1n) is 11.0. The van der Waals surface area contributed by atoms with Crippen molar-refractivity contribution in [3.63, 3.8) is 0 Å². The lowest BCUT2D eigenvalue weighted by atomic mass is 10.0. The Morgan fingerprint density at radius 3 is 2.76 bits per heavy atom. The SMILES string of the molecule is C.COCCn1cc(-c2cc(Oc3ccc4nc(N[C@@H](CO)CC(C)C)sc4c3)ccn2)cn1. The average molecular weight is 484 g/mol. The number of ether oxygens (including phenoxy) is 2. The number of nitrogens with zero attached hydrogens (tertiary/aromatic N) is 4. The van der Waals surface area contributed by atoms with Gasteiger partial charge < -0.3 is 19.9 Å². The number of hydrogen-bond acceptors (Lipinski definition) is 8. The van der Waals surface area contributed by atoms with Crippen LogP contribution in [0.2, 0.25) is 0 Å². The zero-order valence-electron chi connectivity index (χ0n) is 19.1. The minimum Gasteiger partial charge on any atom is -0.457 e. The molecule has 0 saturated heterocycles. The highest BCUT2D eigenvalue weighted by atomic mass is 32.1. The Morgan fingerprint density at radius 1 is 1.18 bits per heavy atom. The maximum absolute atomic E-state index is 9.64. The number of nitrogens with one attached hydrogen (secondary N) is 1. The summed E-state index contributed by atoms with van der Waals surface area (Å²) < 4.78 is 14.1. The smallest absolute Gasteiger partial charge is 0.184 e. The highest BCUT2D eigenvalue weighted by molar-refractivity contribution is 7.22. The van der Waals surface area contributed by atoms with Crippen LogP contribution in [0.5, 0.6) is 11.5 Å². The van der Waals surface area contributed by atoms with Crippen molar-refractivity contribution in [2.45, 2.75) is 40.3 Å². The van der Waals surface area contributed by atoms with E-state index in [1.165, 1.54) is 0 Å². The van der Waals surface area contributed by atoms with Crippen molar-refractivity contribution in [2.24, 2.45) is 5.92 Å². The molecule has 2 N–H and O–H groups in total. The van der Waals surface area contributed by atoms with Gasteiger partial charge in [0.1, 0.15) is 11.5 Å². The zero-order chi connectivity index (χ0) is 23.2. The summed E-state index contributed by atoms with van der Waals surface area (Å²) in [6, 6.07) is 9.57. The first-order valence-corrected chi connectivity index (χ1v) is 11.8. The molecule has 0 aliphatic carbocycles. The van der Waals surface area contributed by atoms with Crippen LogP contribution < -0.4 is 10.1 Å². The van der Waals surface area contributed by atoms with E-state index in [4.69, 9.17) is 9.47 Å². The fraction of sp³-hybridized carbons (Fsp3) is 0.400. The molecule has 0 fully saturated rings. The molecule has 182 valence electrons. The molecular weight excluding hydrogens is 450 g/mol. The third-order valence-corrected chi connectivity index (χ3v) is 6.03. The highest BCUT2D eigenvalue weighted by Crippen LogP contribution is 2.32. The average Bonchev–Trinajstić information content (AvgIpc) is 3.43. The lowest BCUT2D eigenvalue weighted by molar-refractivity contribution is 0.183. The first kappa shape index (κ1) is 25.6. The van der Waals surface area contributed by atoms with Gasteiger partial charge in [-0.2, -0.15) is 5.10 Å². The van der Waals surface area contributed by atoms with Crippen LogP contribution in [0.3, 0.4) is 0 Å². The molecule has 1 atom stereocenters. The van der Waals surface area contributed by atoms with Gasteiger partial charge in [-0.1, -0.05) is 32.6 Å². The molecule has 3 heterocycles. The Morgan fingerprint density at radius 2 is 2.00 bits per heavy atom. The largest absolute Gasteiger partial charge is 0.457 e. The monoisotopic (exact) mass is 483 g/mol. The number of aliphatic hydroxyl groups is 1. The zero-order valence-corrected chi connectivity index (χ0v) is 19.9. The van der Waals surface area contributed by atoms with Gasteiger partial charge in [0, 0.05) is 37.2 Å². The Kier molecular flexibility index (Phi) is 8.98. The van der Waals surface area contributed by atoms with Gasteiger partial charge >= 0.3 is 0 Å². The summed E-state index contributed by atoms with van der Waals surface area (Å²) in [5.74, 6) is 1.92. The normalized spacial score (nSPS) is 12.0. The second-order valence-corrected chi connectivity index (χ2v) is 9.30. The molecule has 0 radical (unpaired) electrons. The standard InChI is InChI=1S/C24H29N5O3S.CH4/c1-16(2)10-18(15-30)27-24-28-21-5-4-19(12-23(21)33-24)32-20-6-7-25-22(11-20)17-13-26-29(14-17)8-9-31-3;/h4-7,11-14,16,18,30H,8-10,15H2,1-3H3,(H,27,28);1H4/t18-;/m1./s1. The van der Waals surface area contributed by atoms with Gasteiger partial charge in [-0.3, -0.25) is 9.67 Å². The van der Waals surface area contributed by atoms with Crippen molar-refractivity contribution in [3.8, 4) is 22.8 Å². The lowest BCUT2D eigenvalue weighted by Crippen LogP contribution is -2.25. The minimum absolute atomic E-state index is 0. The van der Waals surface area contributed by atoms with Crippen molar-refractivity contribution < 1.29 is 14.6 Å². The minimum atomic E-state index is -0.00428. The Hall–Kier alpha value is -3.01. The van der Waals surface area contributed by atoms with Gasteiger partial charge in [0.25, 0.3) is 0 Å². The predicted molar refractivity (Wildman–Crippen MR) is 138 cm³/mol. The number of thiazole rings is 1. The van der Waals surface area contributed by atoms with E-state index in [9.17, 15) is 5.11 Å². The summed E-state index contributed by atoms with van der Waals surface area (Å²) in [4.78, 5) is 9.10. The molecule has 0 aliphatic rings. The van der Waals surface area contributed by atoms with Crippen LogP contribution in [-0.2, 0) is 11.3 Å². The Balaban J connectivity index is 0.00000324. The molecule has 0 bridgehead atoms. The van der Waals surface area contributed by atoms with E-state index < -0.39 is 0 Å². The number of methoxy groups -OCH3 is 1. The van der Waals surface area contributed by atoms with Crippen LogP contribution in [0, 0.1) is 5.92 Å². The van der Waals surface area contributed by atoms with Crippen molar-refractivity contribution >= 4 is 26.7 Å². The number of aromatic nitrogens is 4. The summed E-state index contributed by atoms with van der Waals surface area (Å²) in [6.45, 7) is 5.66. The summed E-state index contributed by atoms with van der Waals surface area (Å²) in [5.41, 5.74) is 2.61. The molecule has 1 aromatic carbocycles. The van der Waals surface area contributed by atoms with Crippen molar-refractivity contribution in [1.29, 1.82) is 0 Å². The highest BCUT2D eigenvalue weighted by Gasteiger charge is 2.13.